The van der Waals surface area contributed by atoms with Crippen molar-refractivity contribution in [1.82, 2.24) is 0 Å². The zero-order valence-electron chi connectivity index (χ0n) is 14.4. The Morgan fingerprint density at radius 2 is 1.64 bits per heavy atom. The lowest BCUT2D eigenvalue weighted by molar-refractivity contribution is -0.904. The van der Waals surface area contributed by atoms with Gasteiger partial charge in [0.05, 0.1) is 20.6 Å². The Morgan fingerprint density at radius 3 is 2.23 bits per heavy atom. The molecule has 0 bridgehead atoms. The van der Waals surface area contributed by atoms with Crippen LogP contribution in [0.15, 0.2) is 21.5 Å². The van der Waals surface area contributed by atoms with Crippen LogP contribution < -0.4 is 5.43 Å². The first-order chi connectivity index (χ1) is 10.4. The van der Waals surface area contributed by atoms with Crippen LogP contribution in [0, 0.1) is 0 Å². The summed E-state index contributed by atoms with van der Waals surface area (Å²) < 4.78 is 6.09. The molecular weight excluding hydrogens is 278 g/mol. The van der Waals surface area contributed by atoms with Gasteiger partial charge in [0, 0.05) is 6.07 Å². The summed E-state index contributed by atoms with van der Waals surface area (Å²) in [6.45, 7) is 3.99. The topological polar surface area (TPSA) is 50.4 Å². The van der Waals surface area contributed by atoms with Crippen LogP contribution in [0.4, 0.5) is 0 Å². The second-order valence-corrected chi connectivity index (χ2v) is 6.89. The van der Waals surface area contributed by atoms with Gasteiger partial charge in [0.2, 0.25) is 5.43 Å². The zero-order valence-corrected chi connectivity index (χ0v) is 14.4. The van der Waals surface area contributed by atoms with Crippen molar-refractivity contribution in [3.05, 3.63) is 28.3 Å². The Labute approximate surface area is 134 Å². The van der Waals surface area contributed by atoms with Gasteiger partial charge in [-0.05, 0) is 12.8 Å². The minimum Gasteiger partial charge on any atom is -0.502 e. The Hall–Kier alpha value is -1.29. The molecule has 22 heavy (non-hydrogen) atoms. The molecule has 1 N–H and O–H groups in total. The maximum absolute atomic E-state index is 11.4. The van der Waals surface area contributed by atoms with E-state index in [1.165, 1.54) is 57.4 Å². The first-order valence-electron chi connectivity index (χ1n) is 8.57. The predicted octanol–water partition coefficient (Wildman–Crippen LogP) is 4.06. The molecule has 1 aromatic rings. The second kappa shape index (κ2) is 9.67. The number of unbranched alkanes of at least 4 members (excludes halogenated alkanes) is 7. The van der Waals surface area contributed by atoms with Crippen molar-refractivity contribution < 1.29 is 14.0 Å². The maximum atomic E-state index is 11.4. The van der Waals surface area contributed by atoms with Gasteiger partial charge >= 0.3 is 0 Å². The van der Waals surface area contributed by atoms with Crippen LogP contribution in [0.3, 0.4) is 0 Å². The van der Waals surface area contributed by atoms with Crippen LogP contribution in [-0.2, 0) is 6.54 Å². The van der Waals surface area contributed by atoms with Crippen molar-refractivity contribution in [3.63, 3.8) is 0 Å². The summed E-state index contributed by atoms with van der Waals surface area (Å²) in [5.41, 5.74) is -0.367. The van der Waals surface area contributed by atoms with Gasteiger partial charge in [-0.15, -0.1) is 0 Å². The molecule has 0 fully saturated rings. The molecule has 1 aromatic heterocycles. The van der Waals surface area contributed by atoms with Gasteiger partial charge < -0.3 is 14.0 Å². The minimum atomic E-state index is -0.367. The predicted molar refractivity (Wildman–Crippen MR) is 89.9 cm³/mol. The van der Waals surface area contributed by atoms with Crippen molar-refractivity contribution in [1.29, 1.82) is 0 Å². The van der Waals surface area contributed by atoms with Crippen LogP contribution in [0.2, 0.25) is 0 Å². The van der Waals surface area contributed by atoms with Crippen LogP contribution in [0.1, 0.15) is 64.1 Å². The van der Waals surface area contributed by atoms with E-state index in [-0.39, 0.29) is 11.2 Å². The molecule has 0 unspecified atom stereocenters. The van der Waals surface area contributed by atoms with Crippen LogP contribution in [-0.4, -0.2) is 30.2 Å². The molecule has 0 aromatic carbocycles. The lowest BCUT2D eigenvalue weighted by Gasteiger charge is -2.29. The van der Waals surface area contributed by atoms with Crippen molar-refractivity contribution in [3.8, 4) is 5.75 Å². The van der Waals surface area contributed by atoms with Gasteiger partial charge in [-0.1, -0.05) is 45.4 Å². The Morgan fingerprint density at radius 1 is 1.05 bits per heavy atom. The molecule has 0 saturated heterocycles. The molecule has 0 aliphatic heterocycles. The van der Waals surface area contributed by atoms with Gasteiger partial charge in [0.15, 0.2) is 11.5 Å². The Kier molecular flexibility index (Phi) is 8.25. The average molecular weight is 310 g/mol. The second-order valence-electron chi connectivity index (χ2n) is 6.89. The van der Waals surface area contributed by atoms with Crippen molar-refractivity contribution in [2.75, 3.05) is 20.6 Å². The summed E-state index contributed by atoms with van der Waals surface area (Å²) in [5.74, 6) is 0.310. The summed E-state index contributed by atoms with van der Waals surface area (Å²) in [6.07, 6.45) is 11.7. The molecule has 0 spiro atoms. The number of hydrogen-bond donors (Lipinski definition) is 1. The molecule has 4 heteroatoms. The van der Waals surface area contributed by atoms with E-state index in [9.17, 15) is 9.90 Å². The van der Waals surface area contributed by atoms with E-state index in [2.05, 4.69) is 21.0 Å². The molecule has 0 atom stereocenters. The molecule has 4 nitrogen and oxygen atoms in total. The van der Waals surface area contributed by atoms with Crippen LogP contribution in [0.5, 0.6) is 5.75 Å². The molecule has 126 valence electrons. The standard InChI is InChI=1S/C18H31NO3/c1-4-5-6-7-8-9-10-11-12-19(2,3)14-16-13-17(20)18(21)15-22-16/h13,15H,4-12,14H2,1-3H3/p+1. The van der Waals surface area contributed by atoms with Gasteiger partial charge in [0.25, 0.3) is 0 Å². The molecule has 1 heterocycles. The van der Waals surface area contributed by atoms with Crippen molar-refractivity contribution in [2.45, 2.75) is 64.8 Å². The van der Waals surface area contributed by atoms with Gasteiger partial charge in [0.1, 0.15) is 12.8 Å². The quantitative estimate of drug-likeness (QED) is 0.495. The summed E-state index contributed by atoms with van der Waals surface area (Å²) in [5, 5.41) is 9.21. The normalized spacial score (nSPS) is 11.8. The largest absolute Gasteiger partial charge is 0.502 e. The van der Waals surface area contributed by atoms with Crippen molar-refractivity contribution >= 4 is 0 Å². The maximum Gasteiger partial charge on any atom is 0.226 e. The summed E-state index contributed by atoms with van der Waals surface area (Å²) in [6, 6.07) is 1.39. The fourth-order valence-corrected chi connectivity index (χ4v) is 2.70. The van der Waals surface area contributed by atoms with E-state index in [1.54, 1.807) is 0 Å². The first kappa shape index (κ1) is 18.8. The van der Waals surface area contributed by atoms with Crippen LogP contribution in [0.25, 0.3) is 0 Å². The van der Waals surface area contributed by atoms with Gasteiger partial charge in [-0.25, -0.2) is 0 Å². The molecule has 0 amide bonds. The lowest BCUT2D eigenvalue weighted by atomic mass is 10.1. The Balaban J connectivity index is 2.23. The number of rotatable bonds is 11. The number of nitrogens with zero attached hydrogens (tertiary/aromatic N) is 1. The monoisotopic (exact) mass is 310 g/mol. The summed E-state index contributed by atoms with van der Waals surface area (Å²) in [4.78, 5) is 11.4. The average Bonchev–Trinajstić information content (AvgIpc) is 2.45. The zero-order chi connectivity index (χ0) is 16.4. The first-order valence-corrected chi connectivity index (χ1v) is 8.57. The smallest absolute Gasteiger partial charge is 0.226 e. The van der Waals surface area contributed by atoms with Gasteiger partial charge in [-0.3, -0.25) is 4.79 Å². The highest BCUT2D eigenvalue weighted by Crippen LogP contribution is 2.13. The lowest BCUT2D eigenvalue weighted by Crippen LogP contribution is -2.39. The van der Waals surface area contributed by atoms with Crippen molar-refractivity contribution in [2.24, 2.45) is 0 Å². The minimum absolute atomic E-state index is 0.322. The van der Waals surface area contributed by atoms with Gasteiger partial charge in [-0.2, -0.15) is 0 Å². The molecule has 0 saturated carbocycles. The highest BCUT2D eigenvalue weighted by atomic mass is 16.4. The fourth-order valence-electron chi connectivity index (χ4n) is 2.70. The number of aromatic hydroxyl groups is 1. The third-order valence-corrected chi connectivity index (χ3v) is 4.07. The fraction of sp³-hybridized carbons (Fsp3) is 0.722. The number of quaternary nitrogens is 1. The van der Waals surface area contributed by atoms with E-state index < -0.39 is 0 Å². The summed E-state index contributed by atoms with van der Waals surface area (Å²) >= 11 is 0. The molecule has 1 rings (SSSR count). The van der Waals surface area contributed by atoms with Crippen LogP contribution >= 0.6 is 0 Å². The summed E-state index contributed by atoms with van der Waals surface area (Å²) in [7, 11) is 4.29. The Bertz CT molecular complexity index is 479. The SMILES string of the molecule is CCCCCCCCCC[N+](C)(C)Cc1cc(=O)c(O)co1. The molecular formula is C18H32NO3+. The highest BCUT2D eigenvalue weighted by Gasteiger charge is 2.17. The third kappa shape index (κ3) is 7.64. The van der Waals surface area contributed by atoms with E-state index in [0.29, 0.717) is 12.3 Å². The van der Waals surface area contributed by atoms with E-state index in [0.717, 1.165) is 17.3 Å². The molecule has 0 radical (unpaired) electrons. The highest BCUT2D eigenvalue weighted by molar-refractivity contribution is 5.15. The molecule has 0 aliphatic carbocycles. The van der Waals surface area contributed by atoms with E-state index in [1.807, 2.05) is 0 Å². The van der Waals surface area contributed by atoms with E-state index in [4.69, 9.17) is 4.42 Å². The van der Waals surface area contributed by atoms with E-state index >= 15 is 0 Å². The third-order valence-electron chi connectivity index (χ3n) is 4.07. The number of hydrogen-bond acceptors (Lipinski definition) is 3. The molecule has 0 aliphatic rings.